The average molecular weight is 418 g/mol. The number of ether oxygens (including phenoxy) is 1. The first-order chi connectivity index (χ1) is 15.0. The molecule has 0 spiro atoms. The Morgan fingerprint density at radius 3 is 2.32 bits per heavy atom. The van der Waals surface area contributed by atoms with Crippen LogP contribution in [0.15, 0.2) is 42.7 Å². The van der Waals surface area contributed by atoms with Crippen molar-refractivity contribution in [2.45, 2.75) is 13.8 Å². The Hall–Kier alpha value is -3.55. The Bertz CT molecular complexity index is 1220. The first-order valence-electron chi connectivity index (χ1n) is 10.5. The number of piperazine rings is 1. The molecule has 8 nitrogen and oxygen atoms in total. The van der Waals surface area contributed by atoms with Crippen LogP contribution in [0.4, 0.5) is 11.5 Å². The van der Waals surface area contributed by atoms with Crippen LogP contribution < -0.4 is 14.5 Å². The van der Waals surface area contributed by atoms with Gasteiger partial charge >= 0.3 is 0 Å². The Kier molecular flexibility index (Phi) is 4.77. The smallest absolute Gasteiger partial charge is 0.160 e. The van der Waals surface area contributed by atoms with Gasteiger partial charge in [-0.2, -0.15) is 9.61 Å². The number of benzene rings is 1. The summed E-state index contributed by atoms with van der Waals surface area (Å²) in [4.78, 5) is 14.1. The van der Waals surface area contributed by atoms with E-state index in [0.717, 1.165) is 60.6 Å². The summed E-state index contributed by atoms with van der Waals surface area (Å²) in [5, 5.41) is 4.89. The fourth-order valence-corrected chi connectivity index (χ4v) is 4.25. The van der Waals surface area contributed by atoms with Crippen LogP contribution in [-0.4, -0.2) is 57.4 Å². The van der Waals surface area contributed by atoms with Crippen LogP contribution in [0.2, 0.25) is 0 Å². The van der Waals surface area contributed by atoms with Crippen molar-refractivity contribution < 1.29 is 4.74 Å². The second-order valence-electron chi connectivity index (χ2n) is 7.98. The molecular formula is C23H27N7O. The fraction of sp³-hybridized carbons (Fsp3) is 0.348. The first-order valence-corrected chi connectivity index (χ1v) is 10.5. The van der Waals surface area contributed by atoms with Gasteiger partial charge in [0.05, 0.1) is 7.11 Å². The molecule has 0 N–H and O–H groups in total. The number of nitrogens with zero attached hydrogens (tertiary/aromatic N) is 7. The third-order valence-electron chi connectivity index (χ3n) is 6.12. The summed E-state index contributed by atoms with van der Waals surface area (Å²) < 4.78 is 9.25. The normalized spacial score (nSPS) is 14.5. The number of aromatic nitrogens is 5. The number of fused-ring (bicyclic) bond motifs is 1. The maximum absolute atomic E-state index is 5.28. The molecular weight excluding hydrogens is 390 g/mol. The molecule has 4 heterocycles. The van der Waals surface area contributed by atoms with E-state index in [0.29, 0.717) is 0 Å². The molecule has 0 unspecified atom stereocenters. The largest absolute Gasteiger partial charge is 0.497 e. The van der Waals surface area contributed by atoms with E-state index in [2.05, 4.69) is 40.8 Å². The van der Waals surface area contributed by atoms with Crippen molar-refractivity contribution in [2.24, 2.45) is 7.05 Å². The molecule has 160 valence electrons. The SMILES string of the molecule is COc1ccc(N2CCN(c3c(C)c(C)nc4cc(-c5nccn5C)nn34)CC2)cc1. The zero-order chi connectivity index (χ0) is 21.5. The predicted octanol–water partition coefficient (Wildman–Crippen LogP) is 3.08. The number of methoxy groups -OCH3 is 1. The zero-order valence-electron chi connectivity index (χ0n) is 18.4. The van der Waals surface area contributed by atoms with Gasteiger partial charge in [-0.05, 0) is 38.1 Å². The summed E-state index contributed by atoms with van der Waals surface area (Å²) in [7, 11) is 3.68. The van der Waals surface area contributed by atoms with Gasteiger partial charge in [0, 0.05) is 68.6 Å². The molecule has 1 saturated heterocycles. The van der Waals surface area contributed by atoms with E-state index in [1.54, 1.807) is 13.3 Å². The molecule has 0 amide bonds. The predicted molar refractivity (Wildman–Crippen MR) is 122 cm³/mol. The molecule has 4 aromatic rings. The van der Waals surface area contributed by atoms with E-state index in [4.69, 9.17) is 14.8 Å². The van der Waals surface area contributed by atoms with E-state index in [-0.39, 0.29) is 0 Å². The number of aryl methyl sites for hydroxylation is 2. The van der Waals surface area contributed by atoms with Gasteiger partial charge in [0.1, 0.15) is 17.3 Å². The highest BCUT2D eigenvalue weighted by molar-refractivity contribution is 5.64. The number of rotatable bonds is 4. The molecule has 3 aromatic heterocycles. The van der Waals surface area contributed by atoms with E-state index >= 15 is 0 Å². The van der Waals surface area contributed by atoms with Gasteiger partial charge in [0.25, 0.3) is 0 Å². The maximum Gasteiger partial charge on any atom is 0.160 e. The summed E-state index contributed by atoms with van der Waals surface area (Å²) in [5.74, 6) is 2.85. The van der Waals surface area contributed by atoms with Crippen LogP contribution in [0.1, 0.15) is 11.3 Å². The zero-order valence-corrected chi connectivity index (χ0v) is 18.4. The molecule has 1 aliphatic rings. The summed E-state index contributed by atoms with van der Waals surface area (Å²) in [6.45, 7) is 7.94. The molecule has 0 bridgehead atoms. The molecule has 1 fully saturated rings. The molecule has 0 aliphatic carbocycles. The lowest BCUT2D eigenvalue weighted by molar-refractivity contribution is 0.415. The molecule has 1 aromatic carbocycles. The Balaban J connectivity index is 1.45. The van der Waals surface area contributed by atoms with E-state index in [9.17, 15) is 0 Å². The lowest BCUT2D eigenvalue weighted by Gasteiger charge is -2.38. The Morgan fingerprint density at radius 2 is 1.68 bits per heavy atom. The molecule has 0 atom stereocenters. The molecule has 5 rings (SSSR count). The Morgan fingerprint density at radius 1 is 0.968 bits per heavy atom. The third kappa shape index (κ3) is 3.37. The van der Waals surface area contributed by atoms with Crippen LogP contribution >= 0.6 is 0 Å². The number of anilines is 2. The van der Waals surface area contributed by atoms with E-state index < -0.39 is 0 Å². The lowest BCUT2D eigenvalue weighted by atomic mass is 10.2. The molecule has 0 radical (unpaired) electrons. The second kappa shape index (κ2) is 7.61. The quantitative estimate of drug-likeness (QED) is 0.509. The van der Waals surface area contributed by atoms with E-state index in [1.165, 1.54) is 11.3 Å². The number of hydrogen-bond acceptors (Lipinski definition) is 6. The first kappa shape index (κ1) is 19.4. The topological polar surface area (TPSA) is 63.7 Å². The fourth-order valence-electron chi connectivity index (χ4n) is 4.25. The van der Waals surface area contributed by atoms with Crippen LogP contribution in [0.25, 0.3) is 17.2 Å². The number of hydrogen-bond donors (Lipinski definition) is 0. The van der Waals surface area contributed by atoms with Gasteiger partial charge < -0.3 is 19.1 Å². The number of imidazole rings is 1. The summed E-state index contributed by atoms with van der Waals surface area (Å²) in [5.41, 5.74) is 5.12. The van der Waals surface area contributed by atoms with Crippen molar-refractivity contribution in [3.63, 3.8) is 0 Å². The van der Waals surface area contributed by atoms with Gasteiger partial charge in [-0.3, -0.25) is 0 Å². The molecule has 8 heteroatoms. The van der Waals surface area contributed by atoms with E-state index in [1.807, 2.05) is 40.5 Å². The van der Waals surface area contributed by atoms with Crippen molar-refractivity contribution in [1.29, 1.82) is 0 Å². The van der Waals surface area contributed by atoms with Crippen molar-refractivity contribution in [3.8, 4) is 17.3 Å². The summed E-state index contributed by atoms with van der Waals surface area (Å²) in [6.07, 6.45) is 3.73. The van der Waals surface area contributed by atoms with Crippen LogP contribution in [0.5, 0.6) is 5.75 Å². The lowest BCUT2D eigenvalue weighted by Crippen LogP contribution is -2.47. The van der Waals surface area contributed by atoms with Gasteiger partial charge in [-0.15, -0.1) is 0 Å². The highest BCUT2D eigenvalue weighted by Crippen LogP contribution is 2.28. The highest BCUT2D eigenvalue weighted by Gasteiger charge is 2.24. The van der Waals surface area contributed by atoms with Crippen molar-refractivity contribution in [3.05, 3.63) is 54.0 Å². The molecule has 31 heavy (non-hydrogen) atoms. The minimum atomic E-state index is 0.836. The van der Waals surface area contributed by atoms with Crippen LogP contribution in [0.3, 0.4) is 0 Å². The van der Waals surface area contributed by atoms with Crippen molar-refractivity contribution in [1.82, 2.24) is 24.1 Å². The Labute approximate surface area is 181 Å². The summed E-state index contributed by atoms with van der Waals surface area (Å²) in [6, 6.07) is 10.3. The summed E-state index contributed by atoms with van der Waals surface area (Å²) >= 11 is 0. The highest BCUT2D eigenvalue weighted by atomic mass is 16.5. The second-order valence-corrected chi connectivity index (χ2v) is 7.98. The minimum Gasteiger partial charge on any atom is -0.497 e. The van der Waals surface area contributed by atoms with Crippen LogP contribution in [0, 0.1) is 13.8 Å². The van der Waals surface area contributed by atoms with Crippen molar-refractivity contribution in [2.75, 3.05) is 43.1 Å². The maximum atomic E-state index is 5.28. The average Bonchev–Trinajstić information content (AvgIpc) is 3.40. The monoisotopic (exact) mass is 417 g/mol. The van der Waals surface area contributed by atoms with Gasteiger partial charge in [-0.1, -0.05) is 0 Å². The van der Waals surface area contributed by atoms with Gasteiger partial charge in [0.15, 0.2) is 11.5 Å². The van der Waals surface area contributed by atoms with Gasteiger partial charge in [0.2, 0.25) is 0 Å². The van der Waals surface area contributed by atoms with Crippen molar-refractivity contribution >= 4 is 17.2 Å². The third-order valence-corrected chi connectivity index (χ3v) is 6.12. The van der Waals surface area contributed by atoms with Gasteiger partial charge in [-0.25, -0.2) is 9.97 Å². The minimum absolute atomic E-state index is 0.836. The molecule has 0 saturated carbocycles. The molecule has 1 aliphatic heterocycles. The van der Waals surface area contributed by atoms with Crippen LogP contribution in [-0.2, 0) is 7.05 Å². The standard InChI is InChI=1S/C23H27N7O/c1-16-17(2)25-21-15-20(22-24-9-10-27(22)3)26-30(21)23(16)29-13-11-28(12-14-29)18-5-7-19(31-4)8-6-18/h5-10,15H,11-14H2,1-4H3.